The number of rotatable bonds is 6. The molecule has 2 aromatic carbocycles. The Balaban J connectivity index is 1.50. The van der Waals surface area contributed by atoms with Gasteiger partial charge in [-0.15, -0.1) is 5.10 Å². The minimum Gasteiger partial charge on any atom is -0.350 e. The van der Waals surface area contributed by atoms with Crippen molar-refractivity contribution in [1.29, 1.82) is 0 Å². The van der Waals surface area contributed by atoms with Crippen LogP contribution in [0.5, 0.6) is 0 Å². The Bertz CT molecular complexity index is 1120. The van der Waals surface area contributed by atoms with E-state index < -0.39 is 23.2 Å². The van der Waals surface area contributed by atoms with E-state index in [9.17, 15) is 22.8 Å². The van der Waals surface area contributed by atoms with Crippen LogP contribution in [0.15, 0.2) is 59.4 Å². The van der Waals surface area contributed by atoms with Crippen LogP contribution >= 0.6 is 0 Å². The highest BCUT2D eigenvalue weighted by Crippen LogP contribution is 2.36. The fraction of sp³-hybridized carbons (Fsp3) is 0.286. The molecular formula is C21H19F3N4O2. The molecule has 6 nitrogen and oxygen atoms in total. The van der Waals surface area contributed by atoms with E-state index in [1.165, 1.54) is 16.8 Å². The maximum absolute atomic E-state index is 13.1. The Hall–Kier alpha value is -3.36. The van der Waals surface area contributed by atoms with E-state index in [0.29, 0.717) is 5.82 Å². The lowest BCUT2D eigenvalue weighted by Crippen LogP contribution is -2.33. The van der Waals surface area contributed by atoms with Crippen LogP contribution in [0.2, 0.25) is 0 Å². The molecule has 156 valence electrons. The largest absolute Gasteiger partial charge is 0.417 e. The summed E-state index contributed by atoms with van der Waals surface area (Å²) in [5.74, 6) is -0.294. The molecule has 1 fully saturated rings. The van der Waals surface area contributed by atoms with Gasteiger partial charge in [0.1, 0.15) is 0 Å². The summed E-state index contributed by atoms with van der Waals surface area (Å²) < 4.78 is 42.2. The molecule has 0 spiro atoms. The average molecular weight is 416 g/mol. The summed E-state index contributed by atoms with van der Waals surface area (Å²) in [5.41, 5.74) is -0.931. The lowest BCUT2D eigenvalue weighted by atomic mass is 10.1. The summed E-state index contributed by atoms with van der Waals surface area (Å²) in [6, 6.07) is 14.0. The predicted octanol–water partition coefficient (Wildman–Crippen LogP) is 3.50. The van der Waals surface area contributed by atoms with Gasteiger partial charge in [-0.1, -0.05) is 42.5 Å². The molecule has 0 bridgehead atoms. The van der Waals surface area contributed by atoms with E-state index in [1.54, 1.807) is 4.57 Å². The van der Waals surface area contributed by atoms with Crippen molar-refractivity contribution < 1.29 is 18.0 Å². The molecule has 0 unspecified atom stereocenters. The van der Waals surface area contributed by atoms with Crippen molar-refractivity contribution in [3.05, 3.63) is 76.2 Å². The summed E-state index contributed by atoms with van der Waals surface area (Å²) >= 11 is 0. The number of halogens is 3. The third-order valence-electron chi connectivity index (χ3n) is 4.90. The molecule has 9 heteroatoms. The smallest absolute Gasteiger partial charge is 0.350 e. The molecular weight excluding hydrogens is 397 g/mol. The van der Waals surface area contributed by atoms with Crippen molar-refractivity contribution >= 4 is 5.91 Å². The summed E-state index contributed by atoms with van der Waals surface area (Å²) in [5, 5.41) is 6.86. The van der Waals surface area contributed by atoms with Crippen LogP contribution in [-0.2, 0) is 12.7 Å². The third-order valence-corrected chi connectivity index (χ3v) is 4.90. The molecule has 1 heterocycles. The number of hydrogen-bond donors (Lipinski definition) is 1. The molecule has 3 aromatic rings. The number of amides is 1. The number of alkyl halides is 3. The number of hydrogen-bond acceptors (Lipinski definition) is 3. The average Bonchev–Trinajstić information content (AvgIpc) is 3.52. The van der Waals surface area contributed by atoms with Crippen LogP contribution in [0.25, 0.3) is 11.4 Å². The van der Waals surface area contributed by atoms with E-state index >= 15 is 0 Å². The van der Waals surface area contributed by atoms with Crippen LogP contribution in [0, 0.1) is 0 Å². The van der Waals surface area contributed by atoms with Crippen molar-refractivity contribution in [2.24, 2.45) is 0 Å². The number of nitrogens with zero attached hydrogens (tertiary/aromatic N) is 3. The number of carbonyl (C=O) groups is 1. The monoisotopic (exact) mass is 416 g/mol. The first kappa shape index (κ1) is 19.9. The lowest BCUT2D eigenvalue weighted by Gasteiger charge is -2.12. The van der Waals surface area contributed by atoms with E-state index in [2.05, 4.69) is 10.4 Å². The van der Waals surface area contributed by atoms with Crippen LogP contribution in [0.4, 0.5) is 13.2 Å². The second-order valence-electron chi connectivity index (χ2n) is 7.10. The predicted molar refractivity (Wildman–Crippen MR) is 104 cm³/mol. The Labute approximate surface area is 170 Å². The highest BCUT2D eigenvalue weighted by atomic mass is 19.4. The second kappa shape index (κ2) is 7.81. The SMILES string of the molecule is O=C(NCCn1nc(-c2ccccc2)n(C2CC2)c1=O)c1ccccc1C(F)(F)F. The molecule has 0 atom stereocenters. The lowest BCUT2D eigenvalue weighted by molar-refractivity contribution is -0.137. The fourth-order valence-electron chi connectivity index (χ4n) is 3.31. The van der Waals surface area contributed by atoms with Gasteiger partial charge in [-0.05, 0) is 25.0 Å². The zero-order valence-electron chi connectivity index (χ0n) is 15.9. The van der Waals surface area contributed by atoms with Crippen LogP contribution in [0.3, 0.4) is 0 Å². The van der Waals surface area contributed by atoms with Crippen LogP contribution in [-0.4, -0.2) is 26.8 Å². The van der Waals surface area contributed by atoms with Gasteiger partial charge in [-0.2, -0.15) is 13.2 Å². The van der Waals surface area contributed by atoms with Gasteiger partial charge in [-0.3, -0.25) is 9.36 Å². The Morgan fingerprint density at radius 3 is 2.40 bits per heavy atom. The van der Waals surface area contributed by atoms with E-state index in [-0.39, 0.29) is 24.8 Å². The fourth-order valence-corrected chi connectivity index (χ4v) is 3.31. The molecule has 0 radical (unpaired) electrons. The Morgan fingerprint density at radius 2 is 1.73 bits per heavy atom. The molecule has 0 aliphatic heterocycles. The normalized spacial score (nSPS) is 14.0. The maximum Gasteiger partial charge on any atom is 0.417 e. The van der Waals surface area contributed by atoms with Gasteiger partial charge in [0.05, 0.1) is 17.7 Å². The molecule has 1 aliphatic carbocycles. The summed E-state index contributed by atoms with van der Waals surface area (Å²) in [6.45, 7) is 0.0269. The summed E-state index contributed by atoms with van der Waals surface area (Å²) in [7, 11) is 0. The van der Waals surface area contributed by atoms with Gasteiger partial charge in [0.25, 0.3) is 5.91 Å². The van der Waals surface area contributed by atoms with Gasteiger partial charge < -0.3 is 5.32 Å². The van der Waals surface area contributed by atoms with Crippen molar-refractivity contribution in [3.63, 3.8) is 0 Å². The first-order valence-corrected chi connectivity index (χ1v) is 9.55. The van der Waals surface area contributed by atoms with Gasteiger partial charge in [0.15, 0.2) is 5.82 Å². The molecule has 1 aliphatic rings. The Kier molecular flexibility index (Phi) is 5.19. The van der Waals surface area contributed by atoms with Crippen molar-refractivity contribution in [2.45, 2.75) is 31.6 Å². The van der Waals surface area contributed by atoms with Crippen LogP contribution in [0.1, 0.15) is 34.8 Å². The van der Waals surface area contributed by atoms with Gasteiger partial charge in [-0.25, -0.2) is 9.48 Å². The first-order chi connectivity index (χ1) is 14.4. The minimum atomic E-state index is -4.63. The Morgan fingerprint density at radius 1 is 1.07 bits per heavy atom. The second-order valence-corrected chi connectivity index (χ2v) is 7.10. The van der Waals surface area contributed by atoms with Gasteiger partial charge in [0, 0.05) is 18.2 Å². The molecule has 1 N–H and O–H groups in total. The number of benzene rings is 2. The van der Waals surface area contributed by atoms with E-state index in [0.717, 1.165) is 30.5 Å². The van der Waals surface area contributed by atoms with Crippen molar-refractivity contribution in [3.8, 4) is 11.4 Å². The highest BCUT2D eigenvalue weighted by molar-refractivity contribution is 5.95. The van der Waals surface area contributed by atoms with E-state index in [4.69, 9.17) is 0 Å². The molecule has 1 aromatic heterocycles. The zero-order chi connectivity index (χ0) is 21.3. The molecule has 0 saturated heterocycles. The molecule has 4 rings (SSSR count). The van der Waals surface area contributed by atoms with Crippen molar-refractivity contribution in [1.82, 2.24) is 19.7 Å². The molecule has 1 saturated carbocycles. The third kappa shape index (κ3) is 4.00. The number of aromatic nitrogens is 3. The molecule has 30 heavy (non-hydrogen) atoms. The zero-order valence-corrected chi connectivity index (χ0v) is 15.9. The minimum absolute atomic E-state index is 0.0269. The van der Waals surface area contributed by atoms with Gasteiger partial charge >= 0.3 is 11.9 Å². The summed E-state index contributed by atoms with van der Waals surface area (Å²) in [4.78, 5) is 25.1. The number of carbonyl (C=O) groups excluding carboxylic acids is 1. The van der Waals surface area contributed by atoms with Crippen molar-refractivity contribution in [2.75, 3.05) is 6.54 Å². The number of nitrogens with one attached hydrogen (secondary N) is 1. The van der Waals surface area contributed by atoms with E-state index in [1.807, 2.05) is 30.3 Å². The maximum atomic E-state index is 13.1. The standard InChI is InChI=1S/C21H19F3N4O2/c22-21(23,24)17-9-5-4-8-16(17)19(29)25-12-13-27-20(30)28(15-10-11-15)18(26-27)14-6-2-1-3-7-14/h1-9,15H,10-13H2,(H,25,29). The first-order valence-electron chi connectivity index (χ1n) is 9.55. The van der Waals surface area contributed by atoms with Gasteiger partial charge in [0.2, 0.25) is 0 Å². The molecule has 1 amide bonds. The topological polar surface area (TPSA) is 68.9 Å². The van der Waals surface area contributed by atoms with Crippen LogP contribution < -0.4 is 11.0 Å². The highest BCUT2D eigenvalue weighted by Gasteiger charge is 2.35. The summed E-state index contributed by atoms with van der Waals surface area (Å²) in [6.07, 6.45) is -2.83. The quantitative estimate of drug-likeness (QED) is 0.669.